The van der Waals surface area contributed by atoms with Crippen LogP contribution in [0.4, 0.5) is 25.4 Å². The average molecular weight is 528 g/mol. The number of carbonyl (C=O) groups excluding carboxylic acids is 3. The Kier molecular flexibility index (Phi) is 9.76. The fraction of sp³-hybridized carbons (Fsp3) is 0.357. The van der Waals surface area contributed by atoms with Gasteiger partial charge in [0.1, 0.15) is 28.5 Å². The molecule has 0 bridgehead atoms. The number of allylic oxidation sites excluding steroid dienone is 1. The van der Waals surface area contributed by atoms with Crippen molar-refractivity contribution in [3.63, 3.8) is 0 Å². The summed E-state index contributed by atoms with van der Waals surface area (Å²) < 4.78 is 31.2. The zero-order valence-corrected chi connectivity index (χ0v) is 22.8. The van der Waals surface area contributed by atoms with Gasteiger partial charge in [0.05, 0.1) is 0 Å². The number of amidine groups is 1. The lowest BCUT2D eigenvalue weighted by molar-refractivity contribution is 0.0319. The van der Waals surface area contributed by atoms with Crippen LogP contribution in [-0.4, -0.2) is 40.2 Å². The van der Waals surface area contributed by atoms with E-state index >= 15 is 0 Å². The number of amides is 3. The van der Waals surface area contributed by atoms with E-state index in [-0.39, 0.29) is 22.7 Å². The molecular formula is C28H34FN3O6. The van der Waals surface area contributed by atoms with Crippen LogP contribution in [0.2, 0.25) is 0 Å². The van der Waals surface area contributed by atoms with Gasteiger partial charge in [0.15, 0.2) is 0 Å². The monoisotopic (exact) mass is 527 g/mol. The predicted molar refractivity (Wildman–Crippen MR) is 143 cm³/mol. The summed E-state index contributed by atoms with van der Waals surface area (Å²) in [7, 11) is 0. The van der Waals surface area contributed by atoms with Gasteiger partial charge in [-0.25, -0.2) is 14.0 Å². The van der Waals surface area contributed by atoms with Crippen molar-refractivity contribution in [2.45, 2.75) is 66.1 Å². The Bertz CT molecular complexity index is 1210. The van der Waals surface area contributed by atoms with Crippen molar-refractivity contribution < 1.29 is 33.0 Å². The van der Waals surface area contributed by atoms with E-state index in [2.05, 4.69) is 16.9 Å². The predicted octanol–water partition coefficient (Wildman–Crippen LogP) is 7.18. The molecule has 0 aromatic heterocycles. The van der Waals surface area contributed by atoms with Gasteiger partial charge in [-0.15, -0.1) is 0 Å². The molecule has 2 aromatic rings. The standard InChI is InChI=1S/C28H34FN3O6/c1-9-18(2)36-24(31-22-17-20(15-16-21(22)29)30-25(34)37-27(3,4)5)32(26(35)38-28(6,7)8)23(33)19-13-11-10-12-14-19/h10-17H,2,9H2,1,3-8H3,(H,30,34). The van der Waals surface area contributed by atoms with E-state index in [9.17, 15) is 18.8 Å². The third kappa shape index (κ3) is 9.34. The number of nitrogens with zero attached hydrogens (tertiary/aromatic N) is 2. The van der Waals surface area contributed by atoms with Gasteiger partial charge in [-0.2, -0.15) is 9.89 Å². The first-order valence-electron chi connectivity index (χ1n) is 12.0. The highest BCUT2D eigenvalue weighted by molar-refractivity contribution is 6.14. The lowest BCUT2D eigenvalue weighted by atomic mass is 10.2. The minimum absolute atomic E-state index is 0.137. The van der Waals surface area contributed by atoms with Crippen LogP contribution >= 0.6 is 0 Å². The summed E-state index contributed by atoms with van der Waals surface area (Å²) >= 11 is 0. The maximum Gasteiger partial charge on any atom is 0.425 e. The minimum atomic E-state index is -1.09. The highest BCUT2D eigenvalue weighted by atomic mass is 19.1. The Morgan fingerprint density at radius 3 is 2.13 bits per heavy atom. The van der Waals surface area contributed by atoms with Crippen LogP contribution in [0.15, 0.2) is 65.9 Å². The zero-order chi connectivity index (χ0) is 28.7. The summed E-state index contributed by atoms with van der Waals surface area (Å²) in [4.78, 5) is 43.6. The number of benzene rings is 2. The molecular weight excluding hydrogens is 493 g/mol. The second-order valence-corrected chi connectivity index (χ2v) is 10.2. The summed E-state index contributed by atoms with van der Waals surface area (Å²) in [5.41, 5.74) is -1.75. The Hall–Kier alpha value is -4.21. The summed E-state index contributed by atoms with van der Waals surface area (Å²) in [6.07, 6.45) is -1.54. The van der Waals surface area contributed by atoms with Gasteiger partial charge in [0, 0.05) is 17.7 Å². The Morgan fingerprint density at radius 1 is 0.974 bits per heavy atom. The Labute approximate surface area is 222 Å². The average Bonchev–Trinajstić information content (AvgIpc) is 2.79. The number of hydrogen-bond donors (Lipinski definition) is 1. The van der Waals surface area contributed by atoms with Crippen LogP contribution in [0, 0.1) is 5.82 Å². The third-order valence-corrected chi connectivity index (χ3v) is 4.43. The number of imide groups is 1. The zero-order valence-electron chi connectivity index (χ0n) is 22.8. The Balaban J connectivity index is 2.62. The molecule has 10 heteroatoms. The van der Waals surface area contributed by atoms with Crippen molar-refractivity contribution in [3.8, 4) is 0 Å². The quantitative estimate of drug-likeness (QED) is 0.251. The van der Waals surface area contributed by atoms with Gasteiger partial charge in [0.25, 0.3) is 5.91 Å². The number of aliphatic imine (C=N–C) groups is 1. The molecule has 0 aliphatic rings. The second kappa shape index (κ2) is 12.4. The number of ether oxygens (including phenoxy) is 3. The van der Waals surface area contributed by atoms with Crippen LogP contribution in [-0.2, 0) is 14.2 Å². The molecule has 0 fully saturated rings. The maximum atomic E-state index is 14.9. The molecule has 38 heavy (non-hydrogen) atoms. The van der Waals surface area contributed by atoms with Gasteiger partial charge in [-0.05, 0) is 71.9 Å². The first-order valence-corrected chi connectivity index (χ1v) is 12.0. The molecule has 2 aromatic carbocycles. The number of rotatable bonds is 5. The van der Waals surface area contributed by atoms with Gasteiger partial charge < -0.3 is 14.2 Å². The third-order valence-electron chi connectivity index (χ3n) is 4.43. The van der Waals surface area contributed by atoms with Crippen LogP contribution in [0.3, 0.4) is 0 Å². The highest BCUT2D eigenvalue weighted by Crippen LogP contribution is 2.26. The summed E-state index contributed by atoms with van der Waals surface area (Å²) in [5.74, 6) is -1.47. The molecule has 0 radical (unpaired) electrons. The molecule has 0 heterocycles. The van der Waals surface area contributed by atoms with Crippen LogP contribution in [0.25, 0.3) is 0 Å². The summed E-state index contributed by atoms with van der Waals surface area (Å²) in [5, 5.41) is 2.50. The number of carbonyl (C=O) groups is 3. The molecule has 3 amide bonds. The summed E-state index contributed by atoms with van der Waals surface area (Å²) in [6.45, 7) is 15.5. The van der Waals surface area contributed by atoms with E-state index in [1.54, 1.807) is 66.7 Å². The van der Waals surface area contributed by atoms with Crippen LogP contribution in [0.1, 0.15) is 65.2 Å². The number of hydrogen-bond acceptors (Lipinski definition) is 7. The second-order valence-electron chi connectivity index (χ2n) is 10.2. The lowest BCUT2D eigenvalue weighted by Gasteiger charge is -2.26. The van der Waals surface area contributed by atoms with Crippen molar-refractivity contribution >= 4 is 35.5 Å². The molecule has 0 unspecified atom stereocenters. The molecule has 9 nitrogen and oxygen atoms in total. The molecule has 0 atom stereocenters. The van der Waals surface area contributed by atoms with Crippen molar-refractivity contribution in [3.05, 3.63) is 72.2 Å². The van der Waals surface area contributed by atoms with E-state index in [1.807, 2.05) is 0 Å². The smallest absolute Gasteiger partial charge is 0.425 e. The normalized spacial score (nSPS) is 11.8. The van der Waals surface area contributed by atoms with E-state index in [0.29, 0.717) is 11.3 Å². The van der Waals surface area contributed by atoms with Gasteiger partial charge in [-0.1, -0.05) is 31.7 Å². The topological polar surface area (TPSA) is 107 Å². The van der Waals surface area contributed by atoms with E-state index in [1.165, 1.54) is 24.3 Å². The van der Waals surface area contributed by atoms with Crippen LogP contribution < -0.4 is 5.32 Å². The first kappa shape index (κ1) is 30.0. The molecule has 0 aliphatic heterocycles. The van der Waals surface area contributed by atoms with E-state index in [4.69, 9.17) is 14.2 Å². The largest absolute Gasteiger partial charge is 0.444 e. The minimum Gasteiger partial charge on any atom is -0.444 e. The fourth-order valence-electron chi connectivity index (χ4n) is 2.79. The maximum absolute atomic E-state index is 14.9. The van der Waals surface area contributed by atoms with Gasteiger partial charge >= 0.3 is 18.2 Å². The lowest BCUT2D eigenvalue weighted by Crippen LogP contribution is -2.45. The van der Waals surface area contributed by atoms with E-state index < -0.39 is 41.1 Å². The van der Waals surface area contributed by atoms with Crippen molar-refractivity contribution in [1.82, 2.24) is 4.90 Å². The van der Waals surface area contributed by atoms with Crippen molar-refractivity contribution in [1.29, 1.82) is 0 Å². The number of anilines is 1. The number of halogens is 1. The van der Waals surface area contributed by atoms with Crippen molar-refractivity contribution in [2.24, 2.45) is 4.99 Å². The fourth-order valence-corrected chi connectivity index (χ4v) is 2.79. The highest BCUT2D eigenvalue weighted by Gasteiger charge is 2.34. The summed E-state index contributed by atoms with van der Waals surface area (Å²) in [6, 6.07) is 10.9. The number of nitrogens with one attached hydrogen (secondary N) is 1. The molecule has 204 valence electrons. The van der Waals surface area contributed by atoms with Crippen molar-refractivity contribution in [2.75, 3.05) is 5.32 Å². The van der Waals surface area contributed by atoms with E-state index in [0.717, 1.165) is 6.07 Å². The first-order chi connectivity index (χ1) is 17.6. The Morgan fingerprint density at radius 2 is 1.58 bits per heavy atom. The van der Waals surface area contributed by atoms with Crippen LogP contribution in [0.5, 0.6) is 0 Å². The van der Waals surface area contributed by atoms with Gasteiger partial charge in [-0.3, -0.25) is 10.1 Å². The molecule has 2 rings (SSSR count). The molecule has 0 spiro atoms. The van der Waals surface area contributed by atoms with Gasteiger partial charge in [0.2, 0.25) is 0 Å². The SMILES string of the molecule is C=C(CC)OC(=Nc1cc(NC(=O)OC(C)(C)C)ccc1F)N(C(=O)OC(C)(C)C)C(=O)c1ccccc1. The molecule has 0 aliphatic carbocycles. The molecule has 0 saturated carbocycles. The molecule has 0 saturated heterocycles. The molecule has 1 N–H and O–H groups in total.